The maximum atomic E-state index is 12.2. The Morgan fingerprint density at radius 2 is 2.45 bits per heavy atom. The van der Waals surface area contributed by atoms with Gasteiger partial charge < -0.3 is 15.4 Å². The first kappa shape index (κ1) is 15.0. The van der Waals surface area contributed by atoms with Crippen molar-refractivity contribution < 1.29 is 9.53 Å². The molecule has 0 saturated carbocycles. The Balaban J connectivity index is 1.89. The Morgan fingerprint density at radius 3 is 3.10 bits per heavy atom. The van der Waals surface area contributed by atoms with Crippen LogP contribution < -0.4 is 5.73 Å². The molecule has 1 aliphatic heterocycles. The number of aryl methyl sites for hydroxylation is 1. The van der Waals surface area contributed by atoms with E-state index in [1.165, 1.54) is 0 Å². The van der Waals surface area contributed by atoms with E-state index >= 15 is 0 Å². The Kier molecular flexibility index (Phi) is 5.14. The smallest absolute Gasteiger partial charge is 0.239 e. The highest BCUT2D eigenvalue weighted by molar-refractivity contribution is 5.81. The maximum absolute atomic E-state index is 12.2. The Hall–Kier alpha value is -1.40. The van der Waals surface area contributed by atoms with Gasteiger partial charge in [-0.3, -0.25) is 9.48 Å². The van der Waals surface area contributed by atoms with Gasteiger partial charge in [-0.25, -0.2) is 0 Å². The normalized spacial score (nSPS) is 20.9. The van der Waals surface area contributed by atoms with Gasteiger partial charge in [-0.2, -0.15) is 5.10 Å². The number of amides is 1. The summed E-state index contributed by atoms with van der Waals surface area (Å²) in [7, 11) is 0. The second-order valence-corrected chi connectivity index (χ2v) is 5.41. The largest absolute Gasteiger partial charge is 0.373 e. The first-order valence-electron chi connectivity index (χ1n) is 7.25. The molecule has 1 aliphatic rings. The minimum atomic E-state index is -0.384. The van der Waals surface area contributed by atoms with Gasteiger partial charge in [0.1, 0.15) is 0 Å². The van der Waals surface area contributed by atoms with E-state index in [9.17, 15) is 4.79 Å². The van der Waals surface area contributed by atoms with Gasteiger partial charge in [-0.1, -0.05) is 13.3 Å². The summed E-state index contributed by atoms with van der Waals surface area (Å²) < 4.78 is 7.58. The molecular weight excluding hydrogens is 256 g/mol. The number of ether oxygens (including phenoxy) is 1. The number of hydrogen-bond acceptors (Lipinski definition) is 4. The van der Waals surface area contributed by atoms with Crippen LogP contribution in [0.5, 0.6) is 0 Å². The number of nitrogens with two attached hydrogens (primary N) is 1. The van der Waals surface area contributed by atoms with Gasteiger partial charge in [-0.05, 0) is 18.9 Å². The lowest BCUT2D eigenvalue weighted by Crippen LogP contribution is -2.52. The average Bonchev–Trinajstić information content (AvgIpc) is 2.84. The molecule has 2 heterocycles. The van der Waals surface area contributed by atoms with Crippen LogP contribution in [-0.4, -0.2) is 52.4 Å². The molecule has 2 rings (SSSR count). The van der Waals surface area contributed by atoms with Gasteiger partial charge in [0.2, 0.25) is 5.91 Å². The van der Waals surface area contributed by atoms with Crippen molar-refractivity contribution in [2.24, 2.45) is 5.73 Å². The number of carbonyl (C=O) groups is 1. The number of rotatable bonds is 5. The van der Waals surface area contributed by atoms with Crippen molar-refractivity contribution in [2.45, 2.75) is 45.4 Å². The predicted molar refractivity (Wildman–Crippen MR) is 76.2 cm³/mol. The third-order valence-electron chi connectivity index (χ3n) is 3.52. The van der Waals surface area contributed by atoms with Gasteiger partial charge in [0.05, 0.1) is 31.5 Å². The van der Waals surface area contributed by atoms with Crippen LogP contribution in [0.25, 0.3) is 0 Å². The van der Waals surface area contributed by atoms with E-state index in [0.717, 1.165) is 18.4 Å². The van der Waals surface area contributed by atoms with Crippen LogP contribution in [0.4, 0.5) is 0 Å². The molecule has 6 heteroatoms. The zero-order valence-corrected chi connectivity index (χ0v) is 12.3. The van der Waals surface area contributed by atoms with Crippen LogP contribution in [0.2, 0.25) is 0 Å². The van der Waals surface area contributed by atoms with E-state index < -0.39 is 0 Å². The molecule has 2 atom stereocenters. The molecule has 2 N–H and O–H groups in total. The highest BCUT2D eigenvalue weighted by atomic mass is 16.5. The van der Waals surface area contributed by atoms with Crippen molar-refractivity contribution in [3.8, 4) is 0 Å². The first-order chi connectivity index (χ1) is 9.60. The van der Waals surface area contributed by atoms with Gasteiger partial charge in [0.25, 0.3) is 0 Å². The van der Waals surface area contributed by atoms with Crippen LogP contribution in [0, 0.1) is 6.92 Å². The summed E-state index contributed by atoms with van der Waals surface area (Å²) >= 11 is 0. The van der Waals surface area contributed by atoms with Crippen LogP contribution in [0.1, 0.15) is 25.3 Å². The number of nitrogens with zero attached hydrogens (tertiary/aromatic N) is 3. The lowest BCUT2D eigenvalue weighted by atomic mass is 10.1. The highest BCUT2D eigenvalue weighted by Crippen LogP contribution is 2.10. The molecule has 20 heavy (non-hydrogen) atoms. The van der Waals surface area contributed by atoms with Crippen molar-refractivity contribution >= 4 is 5.91 Å². The van der Waals surface area contributed by atoms with Crippen molar-refractivity contribution in [3.63, 3.8) is 0 Å². The second-order valence-electron chi connectivity index (χ2n) is 5.41. The molecule has 1 amide bonds. The third-order valence-corrected chi connectivity index (χ3v) is 3.52. The van der Waals surface area contributed by atoms with E-state index in [-0.39, 0.29) is 18.1 Å². The molecule has 6 nitrogen and oxygen atoms in total. The molecule has 1 saturated heterocycles. The van der Waals surface area contributed by atoms with Gasteiger partial charge in [-0.15, -0.1) is 0 Å². The van der Waals surface area contributed by atoms with E-state index in [1.54, 1.807) is 0 Å². The topological polar surface area (TPSA) is 73.4 Å². The van der Waals surface area contributed by atoms with Crippen molar-refractivity contribution in [1.82, 2.24) is 14.7 Å². The fraction of sp³-hybridized carbons (Fsp3) is 0.714. The molecule has 0 aromatic carbocycles. The van der Waals surface area contributed by atoms with Crippen LogP contribution in [0.3, 0.4) is 0 Å². The first-order valence-corrected chi connectivity index (χ1v) is 7.25. The summed E-state index contributed by atoms with van der Waals surface area (Å²) in [6.45, 7) is 6.50. The summed E-state index contributed by atoms with van der Waals surface area (Å²) in [5, 5.41) is 4.25. The van der Waals surface area contributed by atoms with Gasteiger partial charge in [0.15, 0.2) is 0 Å². The summed E-state index contributed by atoms with van der Waals surface area (Å²) in [5.41, 5.74) is 7.03. The molecule has 2 unspecified atom stereocenters. The fourth-order valence-electron chi connectivity index (χ4n) is 2.47. The van der Waals surface area contributed by atoms with Crippen molar-refractivity contribution in [3.05, 3.63) is 18.0 Å². The summed E-state index contributed by atoms with van der Waals surface area (Å²) in [6, 6.07) is -0.384. The fourth-order valence-corrected chi connectivity index (χ4v) is 2.47. The predicted octanol–water partition coefficient (Wildman–Crippen LogP) is 0.546. The van der Waals surface area contributed by atoms with Gasteiger partial charge >= 0.3 is 0 Å². The van der Waals surface area contributed by atoms with E-state index in [1.807, 2.05) is 35.8 Å². The molecule has 1 aromatic heterocycles. The van der Waals surface area contributed by atoms with Crippen LogP contribution >= 0.6 is 0 Å². The minimum Gasteiger partial charge on any atom is -0.373 e. The molecular formula is C14H24N4O2. The van der Waals surface area contributed by atoms with E-state index in [4.69, 9.17) is 10.5 Å². The standard InChI is InChI=1S/C14H24N4O2/c1-3-4-13(15)14(19)17-5-6-20-12(9-17)10-18-8-11(2)7-16-18/h7-8,12-13H,3-6,9-10,15H2,1-2H3. The SMILES string of the molecule is CCCC(N)C(=O)N1CCOC(Cn2cc(C)cn2)C1. The summed E-state index contributed by atoms with van der Waals surface area (Å²) in [5.74, 6) is 0.0387. The number of carbonyl (C=O) groups excluding carboxylic acids is 1. The lowest BCUT2D eigenvalue weighted by Gasteiger charge is -2.34. The maximum Gasteiger partial charge on any atom is 0.239 e. The zero-order chi connectivity index (χ0) is 14.5. The van der Waals surface area contributed by atoms with E-state index in [0.29, 0.717) is 26.2 Å². The summed E-state index contributed by atoms with van der Waals surface area (Å²) in [6.07, 6.45) is 5.45. The highest BCUT2D eigenvalue weighted by Gasteiger charge is 2.27. The Morgan fingerprint density at radius 1 is 1.65 bits per heavy atom. The Bertz CT molecular complexity index is 446. The van der Waals surface area contributed by atoms with E-state index in [2.05, 4.69) is 5.10 Å². The number of morpholine rings is 1. The average molecular weight is 280 g/mol. The quantitative estimate of drug-likeness (QED) is 0.854. The third kappa shape index (κ3) is 3.80. The molecule has 1 fully saturated rings. The molecule has 1 aromatic rings. The zero-order valence-electron chi connectivity index (χ0n) is 12.3. The molecule has 0 radical (unpaired) electrons. The molecule has 0 aliphatic carbocycles. The monoisotopic (exact) mass is 280 g/mol. The Labute approximate surface area is 119 Å². The van der Waals surface area contributed by atoms with Crippen molar-refractivity contribution in [2.75, 3.05) is 19.7 Å². The number of aromatic nitrogens is 2. The van der Waals surface area contributed by atoms with Gasteiger partial charge in [0, 0.05) is 19.3 Å². The molecule has 0 spiro atoms. The second kappa shape index (κ2) is 6.85. The summed E-state index contributed by atoms with van der Waals surface area (Å²) in [4.78, 5) is 14.0. The molecule has 0 bridgehead atoms. The van der Waals surface area contributed by atoms with Crippen LogP contribution in [0.15, 0.2) is 12.4 Å². The molecule has 112 valence electrons. The van der Waals surface area contributed by atoms with Crippen LogP contribution in [-0.2, 0) is 16.1 Å². The van der Waals surface area contributed by atoms with Crippen molar-refractivity contribution in [1.29, 1.82) is 0 Å². The lowest BCUT2D eigenvalue weighted by molar-refractivity contribution is -0.140. The number of hydrogen-bond donors (Lipinski definition) is 1. The minimum absolute atomic E-state index is 0.0131.